The Morgan fingerprint density at radius 3 is 1.50 bits per heavy atom. The molecule has 1 N–H and O–H groups in total. The van der Waals surface area contributed by atoms with Crippen molar-refractivity contribution in [3.63, 3.8) is 0 Å². The number of halogens is 6. The average molecular weight is 610 g/mol. The van der Waals surface area contributed by atoms with Crippen molar-refractivity contribution in [1.82, 2.24) is 4.72 Å². The van der Waals surface area contributed by atoms with Crippen molar-refractivity contribution in [2.75, 3.05) is 6.54 Å². The van der Waals surface area contributed by atoms with Gasteiger partial charge in [0, 0.05) is 12.0 Å². The molecular formula is C30H25F6NO4S. The number of ether oxygens (including phenoxy) is 2. The van der Waals surface area contributed by atoms with E-state index in [0.717, 1.165) is 24.3 Å². The lowest BCUT2D eigenvalue weighted by molar-refractivity contribution is -0.275. The highest BCUT2D eigenvalue weighted by Crippen LogP contribution is 2.40. The van der Waals surface area contributed by atoms with Gasteiger partial charge in [0.25, 0.3) is 0 Å². The lowest BCUT2D eigenvalue weighted by Crippen LogP contribution is -2.43. The van der Waals surface area contributed by atoms with Gasteiger partial charge in [0.05, 0.1) is 5.75 Å². The fourth-order valence-corrected chi connectivity index (χ4v) is 5.84. The summed E-state index contributed by atoms with van der Waals surface area (Å²) in [6, 6.07) is 26.8. The minimum atomic E-state index is -5.02. The predicted molar refractivity (Wildman–Crippen MR) is 144 cm³/mol. The lowest BCUT2D eigenvalue weighted by Gasteiger charge is -2.36. The molecule has 42 heavy (non-hydrogen) atoms. The van der Waals surface area contributed by atoms with E-state index in [4.69, 9.17) is 0 Å². The molecule has 0 saturated heterocycles. The summed E-state index contributed by atoms with van der Waals surface area (Å²) >= 11 is 0. The largest absolute Gasteiger partial charge is 0.573 e. The van der Waals surface area contributed by atoms with Gasteiger partial charge in [-0.3, -0.25) is 0 Å². The van der Waals surface area contributed by atoms with Gasteiger partial charge in [0.2, 0.25) is 10.0 Å². The smallest absolute Gasteiger partial charge is 0.406 e. The Labute approximate surface area is 238 Å². The molecule has 0 aliphatic rings. The van der Waals surface area contributed by atoms with Crippen LogP contribution < -0.4 is 14.2 Å². The number of hydrogen-bond acceptors (Lipinski definition) is 4. The summed E-state index contributed by atoms with van der Waals surface area (Å²) in [5, 5.41) is 0. The molecular weight excluding hydrogens is 584 g/mol. The van der Waals surface area contributed by atoms with Crippen LogP contribution >= 0.6 is 0 Å². The fraction of sp³-hybridized carbons (Fsp3) is 0.200. The number of benzene rings is 4. The third kappa shape index (κ3) is 8.73. The van der Waals surface area contributed by atoms with Crippen LogP contribution in [-0.4, -0.2) is 27.7 Å². The number of nitrogens with one attached hydrogen (secondary N) is 1. The second kappa shape index (κ2) is 12.5. The van der Waals surface area contributed by atoms with E-state index in [1.165, 1.54) is 24.3 Å². The summed E-state index contributed by atoms with van der Waals surface area (Å²) < 4.78 is 116. The van der Waals surface area contributed by atoms with Gasteiger partial charge in [-0.25, -0.2) is 13.1 Å². The van der Waals surface area contributed by atoms with Crippen LogP contribution in [-0.2, 0) is 27.6 Å². The molecule has 0 spiro atoms. The first kappa shape index (κ1) is 30.9. The highest BCUT2D eigenvalue weighted by Gasteiger charge is 2.39. The summed E-state index contributed by atoms with van der Waals surface area (Å²) in [4.78, 5) is 0. The van der Waals surface area contributed by atoms with Gasteiger partial charge < -0.3 is 9.47 Å². The van der Waals surface area contributed by atoms with Gasteiger partial charge >= 0.3 is 12.7 Å². The quantitative estimate of drug-likeness (QED) is 0.184. The van der Waals surface area contributed by atoms with Crippen molar-refractivity contribution in [1.29, 1.82) is 0 Å². The lowest BCUT2D eigenvalue weighted by atomic mass is 9.70. The average Bonchev–Trinajstić information content (AvgIpc) is 2.90. The van der Waals surface area contributed by atoms with Gasteiger partial charge in [-0.2, -0.15) is 0 Å². The van der Waals surface area contributed by atoms with Crippen molar-refractivity contribution in [3.8, 4) is 11.5 Å². The fourth-order valence-electron chi connectivity index (χ4n) is 4.64. The Hall–Kier alpha value is -4.03. The van der Waals surface area contributed by atoms with E-state index in [9.17, 15) is 34.8 Å². The Morgan fingerprint density at radius 1 is 0.595 bits per heavy atom. The van der Waals surface area contributed by atoms with Crippen LogP contribution in [0.3, 0.4) is 0 Å². The molecule has 0 fully saturated rings. The zero-order valence-corrected chi connectivity index (χ0v) is 22.6. The van der Waals surface area contributed by atoms with E-state index in [1.54, 1.807) is 60.7 Å². The molecule has 0 saturated carbocycles. The maximum atomic E-state index is 13.2. The number of rotatable bonds is 11. The summed E-state index contributed by atoms with van der Waals surface area (Å²) in [7, 11) is -4.03. The minimum absolute atomic E-state index is 0.00730. The van der Waals surface area contributed by atoms with Gasteiger partial charge in [0.15, 0.2) is 0 Å². The number of sulfonamides is 1. The van der Waals surface area contributed by atoms with Gasteiger partial charge in [-0.1, -0.05) is 84.9 Å². The van der Waals surface area contributed by atoms with Crippen molar-refractivity contribution in [2.24, 2.45) is 0 Å². The molecule has 12 heteroatoms. The maximum Gasteiger partial charge on any atom is 0.573 e. The Bertz CT molecular complexity index is 1520. The number of hydrogen-bond donors (Lipinski definition) is 1. The topological polar surface area (TPSA) is 64.6 Å². The molecule has 0 heterocycles. The summed E-state index contributed by atoms with van der Waals surface area (Å²) in [6.07, 6.45) is -10.0. The van der Waals surface area contributed by atoms with Crippen LogP contribution in [0.15, 0.2) is 109 Å². The predicted octanol–water partition coefficient (Wildman–Crippen LogP) is 7.13. The van der Waals surface area contributed by atoms with E-state index in [1.807, 2.05) is 0 Å². The molecule has 0 radical (unpaired) electrons. The van der Waals surface area contributed by atoms with Gasteiger partial charge in [-0.05, 0) is 52.9 Å². The van der Waals surface area contributed by atoms with Crippen molar-refractivity contribution < 1.29 is 44.2 Å². The third-order valence-electron chi connectivity index (χ3n) is 6.38. The summed E-state index contributed by atoms with van der Waals surface area (Å²) in [6.45, 7) is -0.415. The van der Waals surface area contributed by atoms with Crippen LogP contribution in [0.2, 0.25) is 0 Å². The highest BCUT2D eigenvalue weighted by atomic mass is 32.2. The van der Waals surface area contributed by atoms with Crippen LogP contribution in [0, 0.1) is 0 Å². The zero-order valence-electron chi connectivity index (χ0n) is 21.8. The molecule has 0 aliphatic heterocycles. The normalized spacial score (nSPS) is 12.6. The van der Waals surface area contributed by atoms with E-state index in [0.29, 0.717) is 11.1 Å². The van der Waals surface area contributed by atoms with Crippen LogP contribution in [0.25, 0.3) is 0 Å². The molecule has 0 aromatic heterocycles. The van der Waals surface area contributed by atoms with Crippen LogP contribution in [0.5, 0.6) is 11.5 Å². The summed E-state index contributed by atoms with van der Waals surface area (Å²) in [5.41, 5.74) is -0.0516. The van der Waals surface area contributed by atoms with E-state index in [2.05, 4.69) is 14.2 Å². The van der Waals surface area contributed by atoms with Crippen molar-refractivity contribution >= 4 is 10.0 Å². The second-order valence-electron chi connectivity index (χ2n) is 9.46. The van der Waals surface area contributed by atoms with Crippen LogP contribution in [0.1, 0.15) is 22.3 Å². The Balaban J connectivity index is 1.87. The minimum Gasteiger partial charge on any atom is -0.406 e. The van der Waals surface area contributed by atoms with Gasteiger partial charge in [0.1, 0.15) is 11.5 Å². The molecule has 4 aromatic carbocycles. The molecule has 0 amide bonds. The SMILES string of the molecule is O=S(=O)(Cc1ccccc1)NCC(Cc1ccccc1)(c1cccc(OC(F)(F)F)c1)c1cccc(OC(F)(F)F)c1. The first-order valence-electron chi connectivity index (χ1n) is 12.5. The van der Waals surface area contributed by atoms with E-state index >= 15 is 0 Å². The standard InChI is InChI=1S/C30H25F6NO4S/c31-29(32,33)40-26-15-7-13-24(17-26)28(19-22-9-3-1-4-10-22,25-14-8-16-27(18-25)41-30(34,35)36)21-37-42(38,39)20-23-11-5-2-6-12-23/h1-18,37H,19-21H2. The molecule has 0 atom stereocenters. The van der Waals surface area contributed by atoms with Crippen LogP contribution in [0.4, 0.5) is 26.3 Å². The second-order valence-corrected chi connectivity index (χ2v) is 11.3. The van der Waals surface area contributed by atoms with E-state index in [-0.39, 0.29) is 17.5 Å². The molecule has 0 bridgehead atoms. The zero-order chi connectivity index (χ0) is 30.4. The maximum absolute atomic E-state index is 13.2. The molecule has 0 aliphatic carbocycles. The summed E-state index contributed by atoms with van der Waals surface area (Å²) in [5.74, 6) is -1.55. The number of alkyl halides is 6. The first-order chi connectivity index (χ1) is 19.7. The van der Waals surface area contributed by atoms with Crippen molar-refractivity contribution in [2.45, 2.75) is 30.3 Å². The molecule has 4 aromatic rings. The Morgan fingerprint density at radius 2 is 1.05 bits per heavy atom. The monoisotopic (exact) mass is 609 g/mol. The molecule has 5 nitrogen and oxygen atoms in total. The van der Waals surface area contributed by atoms with Crippen molar-refractivity contribution in [3.05, 3.63) is 131 Å². The Kier molecular flexibility index (Phi) is 9.17. The molecule has 4 rings (SSSR count). The third-order valence-corrected chi connectivity index (χ3v) is 7.68. The molecule has 222 valence electrons. The highest BCUT2D eigenvalue weighted by molar-refractivity contribution is 7.88. The first-order valence-corrected chi connectivity index (χ1v) is 14.2. The van der Waals surface area contributed by atoms with Gasteiger partial charge in [-0.15, -0.1) is 26.3 Å². The van der Waals surface area contributed by atoms with E-state index < -0.39 is 52.0 Å². The molecule has 0 unspecified atom stereocenters.